The van der Waals surface area contributed by atoms with Crippen LogP contribution in [0.15, 0.2) is 33.5 Å². The van der Waals surface area contributed by atoms with Gasteiger partial charge in [0.25, 0.3) is 5.56 Å². The minimum Gasteiger partial charge on any atom is -0.369 e. The van der Waals surface area contributed by atoms with Crippen LogP contribution in [0.2, 0.25) is 0 Å². The molecule has 2 aromatic rings. The molecule has 0 saturated heterocycles. The fourth-order valence-electron chi connectivity index (χ4n) is 1.97. The van der Waals surface area contributed by atoms with Gasteiger partial charge in [0, 0.05) is 17.1 Å². The lowest BCUT2D eigenvalue weighted by Crippen LogP contribution is -2.25. The van der Waals surface area contributed by atoms with Crippen molar-refractivity contribution in [3.8, 4) is 0 Å². The van der Waals surface area contributed by atoms with E-state index in [1.165, 1.54) is 10.1 Å². The van der Waals surface area contributed by atoms with Crippen molar-refractivity contribution in [2.75, 3.05) is 5.73 Å². The monoisotopic (exact) mass is 321 g/mol. The number of nitrogens with two attached hydrogens (primary N) is 1. The molecule has 0 spiro atoms. The molecule has 0 atom stereocenters. The van der Waals surface area contributed by atoms with Gasteiger partial charge in [-0.3, -0.25) is 9.36 Å². The molecule has 0 bridgehead atoms. The highest BCUT2D eigenvalue weighted by molar-refractivity contribution is 9.10. The van der Waals surface area contributed by atoms with E-state index in [0.717, 1.165) is 16.6 Å². The van der Waals surface area contributed by atoms with Gasteiger partial charge in [0.05, 0.1) is 5.69 Å². The van der Waals surface area contributed by atoms with Crippen LogP contribution in [0, 0.1) is 6.92 Å². The Morgan fingerprint density at radius 3 is 2.79 bits per heavy atom. The van der Waals surface area contributed by atoms with Crippen LogP contribution in [-0.4, -0.2) is 9.55 Å². The Morgan fingerprint density at radius 1 is 1.37 bits per heavy atom. The summed E-state index contributed by atoms with van der Waals surface area (Å²) in [7, 11) is 1.63. The fourth-order valence-corrected chi connectivity index (χ4v) is 2.42. The lowest BCUT2D eigenvalue weighted by Gasteiger charge is -2.09. The van der Waals surface area contributed by atoms with Gasteiger partial charge in [-0.25, -0.2) is 4.98 Å². The van der Waals surface area contributed by atoms with E-state index in [4.69, 9.17) is 5.73 Å². The van der Waals surface area contributed by atoms with E-state index in [2.05, 4.69) is 33.0 Å². The molecule has 0 amide bonds. The molecule has 0 fully saturated rings. The third-order valence-electron chi connectivity index (χ3n) is 3.19. The molecule has 0 aliphatic heterocycles. The molecule has 19 heavy (non-hydrogen) atoms. The topological polar surface area (TPSA) is 60.9 Å². The molecule has 5 heteroatoms. The molecule has 0 saturated carbocycles. The number of benzene rings is 1. The fraction of sp³-hybridized carbons (Fsp3) is 0.286. The zero-order valence-electron chi connectivity index (χ0n) is 11.0. The summed E-state index contributed by atoms with van der Waals surface area (Å²) >= 11 is 3.45. The van der Waals surface area contributed by atoms with Crippen molar-refractivity contribution >= 4 is 21.9 Å². The van der Waals surface area contributed by atoms with Crippen LogP contribution in [0.3, 0.4) is 0 Å². The van der Waals surface area contributed by atoms with Crippen molar-refractivity contribution in [2.24, 2.45) is 7.05 Å². The molecule has 2 rings (SSSR count). The van der Waals surface area contributed by atoms with Gasteiger partial charge in [0.1, 0.15) is 0 Å². The predicted molar refractivity (Wildman–Crippen MR) is 80.2 cm³/mol. The average Bonchev–Trinajstić information content (AvgIpc) is 2.39. The van der Waals surface area contributed by atoms with Crippen LogP contribution in [0.25, 0.3) is 0 Å². The first-order valence-electron chi connectivity index (χ1n) is 6.05. The van der Waals surface area contributed by atoms with E-state index in [0.29, 0.717) is 12.0 Å². The first kappa shape index (κ1) is 13.8. The van der Waals surface area contributed by atoms with E-state index in [1.54, 1.807) is 14.0 Å². The number of nitrogens with zero attached hydrogens (tertiary/aromatic N) is 2. The molecule has 4 nitrogen and oxygen atoms in total. The Kier molecular flexibility index (Phi) is 4.04. The maximum Gasteiger partial charge on any atom is 0.257 e. The Balaban J connectivity index is 2.23. The summed E-state index contributed by atoms with van der Waals surface area (Å²) in [5.74, 6) is 0.264. The highest BCUT2D eigenvalue weighted by atomic mass is 79.9. The number of halogens is 1. The zero-order valence-corrected chi connectivity index (χ0v) is 12.6. The van der Waals surface area contributed by atoms with Crippen LogP contribution in [0.5, 0.6) is 0 Å². The van der Waals surface area contributed by atoms with Crippen LogP contribution < -0.4 is 11.3 Å². The summed E-state index contributed by atoms with van der Waals surface area (Å²) in [6, 6.07) is 8.12. The van der Waals surface area contributed by atoms with Crippen LogP contribution in [0.1, 0.15) is 16.8 Å². The number of hydrogen-bond donors (Lipinski definition) is 1. The van der Waals surface area contributed by atoms with E-state index in [9.17, 15) is 4.79 Å². The Bertz CT molecular complexity index is 664. The van der Waals surface area contributed by atoms with Crippen molar-refractivity contribution < 1.29 is 0 Å². The summed E-state index contributed by atoms with van der Waals surface area (Å²) in [4.78, 5) is 16.2. The quantitative estimate of drug-likeness (QED) is 0.942. The molecule has 1 aromatic heterocycles. The van der Waals surface area contributed by atoms with Gasteiger partial charge in [-0.15, -0.1) is 0 Å². The molecule has 0 radical (unpaired) electrons. The molecule has 1 heterocycles. The smallest absolute Gasteiger partial charge is 0.257 e. The zero-order chi connectivity index (χ0) is 14.0. The largest absolute Gasteiger partial charge is 0.369 e. The lowest BCUT2D eigenvalue weighted by atomic mass is 10.1. The van der Waals surface area contributed by atoms with Crippen LogP contribution in [0.4, 0.5) is 5.95 Å². The van der Waals surface area contributed by atoms with E-state index >= 15 is 0 Å². The van der Waals surface area contributed by atoms with Crippen molar-refractivity contribution in [1.29, 1.82) is 0 Å². The number of anilines is 1. The first-order valence-corrected chi connectivity index (χ1v) is 6.84. The maximum absolute atomic E-state index is 11.9. The number of aromatic nitrogens is 2. The van der Waals surface area contributed by atoms with Gasteiger partial charge in [-0.05, 0) is 37.5 Å². The van der Waals surface area contributed by atoms with Gasteiger partial charge < -0.3 is 5.73 Å². The second-order valence-electron chi connectivity index (χ2n) is 4.54. The Morgan fingerprint density at radius 2 is 2.11 bits per heavy atom. The normalized spacial score (nSPS) is 10.7. The third-order valence-corrected chi connectivity index (χ3v) is 3.68. The van der Waals surface area contributed by atoms with E-state index in [1.807, 2.05) is 12.1 Å². The van der Waals surface area contributed by atoms with Crippen LogP contribution in [-0.2, 0) is 19.9 Å². The predicted octanol–water partition coefficient (Wildman–Crippen LogP) is 2.22. The van der Waals surface area contributed by atoms with Crippen molar-refractivity contribution in [2.45, 2.75) is 19.8 Å². The molecule has 100 valence electrons. The minimum atomic E-state index is -0.0725. The minimum absolute atomic E-state index is 0.0725. The number of rotatable bonds is 3. The Hall–Kier alpha value is -1.62. The summed E-state index contributed by atoms with van der Waals surface area (Å²) in [5.41, 5.74) is 8.31. The van der Waals surface area contributed by atoms with Crippen molar-refractivity contribution in [3.63, 3.8) is 0 Å². The number of hydrogen-bond acceptors (Lipinski definition) is 3. The summed E-state index contributed by atoms with van der Waals surface area (Å²) < 4.78 is 2.43. The highest BCUT2D eigenvalue weighted by Crippen LogP contribution is 2.14. The molecular formula is C14H16BrN3O. The number of nitrogen functional groups attached to an aromatic ring is 1. The highest BCUT2D eigenvalue weighted by Gasteiger charge is 2.09. The molecule has 1 aromatic carbocycles. The van der Waals surface area contributed by atoms with Crippen molar-refractivity contribution in [1.82, 2.24) is 9.55 Å². The molecule has 0 aliphatic rings. The summed E-state index contributed by atoms with van der Waals surface area (Å²) in [5, 5.41) is 0. The van der Waals surface area contributed by atoms with Gasteiger partial charge in [-0.1, -0.05) is 28.1 Å². The molecular weight excluding hydrogens is 306 g/mol. The lowest BCUT2D eigenvalue weighted by molar-refractivity contribution is 0.789. The summed E-state index contributed by atoms with van der Waals surface area (Å²) in [6.07, 6.45) is 1.54. The molecule has 0 unspecified atom stereocenters. The van der Waals surface area contributed by atoms with E-state index in [-0.39, 0.29) is 11.5 Å². The van der Waals surface area contributed by atoms with E-state index < -0.39 is 0 Å². The average molecular weight is 322 g/mol. The maximum atomic E-state index is 11.9. The number of aryl methyl sites for hydroxylation is 2. The second-order valence-corrected chi connectivity index (χ2v) is 5.45. The van der Waals surface area contributed by atoms with Gasteiger partial charge in [-0.2, -0.15) is 0 Å². The van der Waals surface area contributed by atoms with Gasteiger partial charge in [0.15, 0.2) is 0 Å². The molecule has 0 aliphatic carbocycles. The standard InChI is InChI=1S/C14H16BrN3O/c1-9-12(17-14(16)18(2)13(9)19)7-6-10-4-3-5-11(15)8-10/h3-5,8H,6-7H2,1-2H3,(H2,16,17). The Labute approximate surface area is 120 Å². The summed E-state index contributed by atoms with van der Waals surface area (Å²) in [6.45, 7) is 1.80. The van der Waals surface area contributed by atoms with Crippen LogP contribution >= 0.6 is 15.9 Å². The SMILES string of the molecule is Cc1c(CCc2cccc(Br)c2)nc(N)n(C)c1=O. The third kappa shape index (κ3) is 3.04. The van der Waals surface area contributed by atoms with Gasteiger partial charge >= 0.3 is 0 Å². The van der Waals surface area contributed by atoms with Crippen molar-refractivity contribution in [3.05, 3.63) is 55.9 Å². The second kappa shape index (κ2) is 5.57. The molecule has 2 N–H and O–H groups in total. The van der Waals surface area contributed by atoms with Gasteiger partial charge in [0.2, 0.25) is 5.95 Å². The first-order chi connectivity index (χ1) is 8.99.